The van der Waals surface area contributed by atoms with Crippen LogP contribution in [-0.2, 0) is 4.79 Å². The van der Waals surface area contributed by atoms with E-state index in [0.717, 1.165) is 0 Å². The molecule has 14 heavy (non-hydrogen) atoms. The summed E-state index contributed by atoms with van der Waals surface area (Å²) >= 11 is 3.02. The Morgan fingerprint density at radius 3 is 2.71 bits per heavy atom. The standard InChI is InChI=1S/C10H8BrFO2/c1-6(10(13)14)4-7-2-3-9(12)8(11)5-7/h2-5H,1H3,(H,13,14)/b6-4+. The molecule has 1 rings (SSSR count). The van der Waals surface area contributed by atoms with Gasteiger partial charge in [-0.25, -0.2) is 9.18 Å². The quantitative estimate of drug-likeness (QED) is 0.828. The summed E-state index contributed by atoms with van der Waals surface area (Å²) < 4.78 is 13.1. The summed E-state index contributed by atoms with van der Waals surface area (Å²) in [7, 11) is 0. The Kier molecular flexibility index (Phi) is 3.41. The second kappa shape index (κ2) is 4.37. The monoisotopic (exact) mass is 258 g/mol. The van der Waals surface area contributed by atoms with Gasteiger partial charge in [-0.3, -0.25) is 0 Å². The van der Waals surface area contributed by atoms with Gasteiger partial charge in [0.25, 0.3) is 0 Å². The largest absolute Gasteiger partial charge is 0.478 e. The number of hydrogen-bond donors (Lipinski definition) is 1. The molecular formula is C10H8BrFO2. The van der Waals surface area contributed by atoms with Crippen molar-refractivity contribution in [3.8, 4) is 0 Å². The van der Waals surface area contributed by atoms with E-state index in [9.17, 15) is 9.18 Å². The lowest BCUT2D eigenvalue weighted by Crippen LogP contribution is -1.95. The van der Waals surface area contributed by atoms with Gasteiger partial charge in [-0.05, 0) is 46.6 Å². The first-order valence-corrected chi connectivity index (χ1v) is 4.66. The predicted octanol–water partition coefficient (Wildman–Crippen LogP) is 3.08. The minimum absolute atomic E-state index is 0.212. The highest BCUT2D eigenvalue weighted by molar-refractivity contribution is 9.10. The molecule has 0 atom stereocenters. The zero-order chi connectivity index (χ0) is 10.7. The maximum Gasteiger partial charge on any atom is 0.331 e. The Hall–Kier alpha value is -1.16. The molecular weight excluding hydrogens is 251 g/mol. The van der Waals surface area contributed by atoms with E-state index in [2.05, 4.69) is 15.9 Å². The van der Waals surface area contributed by atoms with E-state index in [1.54, 1.807) is 0 Å². The van der Waals surface area contributed by atoms with E-state index in [4.69, 9.17) is 5.11 Å². The Morgan fingerprint density at radius 1 is 1.57 bits per heavy atom. The second-order valence-electron chi connectivity index (χ2n) is 2.81. The summed E-state index contributed by atoms with van der Waals surface area (Å²) in [6.45, 7) is 1.49. The van der Waals surface area contributed by atoms with Crippen molar-refractivity contribution in [3.63, 3.8) is 0 Å². The van der Waals surface area contributed by atoms with Gasteiger partial charge in [0.15, 0.2) is 0 Å². The van der Waals surface area contributed by atoms with Crippen LogP contribution in [0.15, 0.2) is 28.2 Å². The van der Waals surface area contributed by atoms with E-state index in [1.165, 1.54) is 31.2 Å². The molecule has 0 aromatic heterocycles. The predicted molar refractivity (Wildman–Crippen MR) is 55.4 cm³/mol. The first-order valence-electron chi connectivity index (χ1n) is 3.87. The van der Waals surface area contributed by atoms with Crippen LogP contribution >= 0.6 is 15.9 Å². The van der Waals surface area contributed by atoms with Gasteiger partial charge in [0.1, 0.15) is 5.82 Å². The summed E-state index contributed by atoms with van der Waals surface area (Å²) in [6.07, 6.45) is 1.48. The zero-order valence-electron chi connectivity index (χ0n) is 7.42. The summed E-state index contributed by atoms with van der Waals surface area (Å²) in [5, 5.41) is 8.61. The summed E-state index contributed by atoms with van der Waals surface area (Å²) in [5.41, 5.74) is 0.863. The normalized spacial score (nSPS) is 11.5. The van der Waals surface area contributed by atoms with E-state index < -0.39 is 5.97 Å². The Labute approximate surface area is 89.2 Å². The van der Waals surface area contributed by atoms with Crippen LogP contribution in [0.4, 0.5) is 4.39 Å². The smallest absolute Gasteiger partial charge is 0.331 e. The molecule has 0 spiro atoms. The molecule has 1 aromatic rings. The fraction of sp³-hybridized carbons (Fsp3) is 0.100. The minimum Gasteiger partial charge on any atom is -0.478 e. The third-order valence-electron chi connectivity index (χ3n) is 1.66. The number of hydrogen-bond acceptors (Lipinski definition) is 1. The molecule has 1 N–H and O–H groups in total. The number of aliphatic carboxylic acids is 1. The third kappa shape index (κ3) is 2.67. The van der Waals surface area contributed by atoms with Crippen molar-refractivity contribution in [2.24, 2.45) is 0 Å². The minimum atomic E-state index is -0.981. The van der Waals surface area contributed by atoms with Crippen molar-refractivity contribution in [2.45, 2.75) is 6.92 Å². The summed E-state index contributed by atoms with van der Waals surface area (Å²) in [5.74, 6) is -1.35. The van der Waals surface area contributed by atoms with Crippen LogP contribution < -0.4 is 0 Å². The van der Waals surface area contributed by atoms with Crippen LogP contribution in [0.3, 0.4) is 0 Å². The highest BCUT2D eigenvalue weighted by Gasteiger charge is 2.02. The van der Waals surface area contributed by atoms with Crippen molar-refractivity contribution < 1.29 is 14.3 Å². The average Bonchev–Trinajstić information content (AvgIpc) is 2.11. The van der Waals surface area contributed by atoms with Crippen molar-refractivity contribution >= 4 is 28.0 Å². The molecule has 0 bridgehead atoms. The Balaban J connectivity index is 3.04. The number of carboxylic acid groups (broad SMARTS) is 1. The molecule has 4 heteroatoms. The Morgan fingerprint density at radius 2 is 2.21 bits per heavy atom. The highest BCUT2D eigenvalue weighted by Crippen LogP contribution is 2.18. The fourth-order valence-electron chi connectivity index (χ4n) is 0.914. The Bertz CT molecular complexity index is 399. The lowest BCUT2D eigenvalue weighted by molar-refractivity contribution is -0.132. The van der Waals surface area contributed by atoms with Gasteiger partial charge in [0.05, 0.1) is 4.47 Å². The van der Waals surface area contributed by atoms with Gasteiger partial charge in [-0.15, -0.1) is 0 Å². The van der Waals surface area contributed by atoms with Gasteiger partial charge < -0.3 is 5.11 Å². The number of carboxylic acids is 1. The molecule has 1 aromatic carbocycles. The van der Waals surface area contributed by atoms with Crippen molar-refractivity contribution in [1.82, 2.24) is 0 Å². The molecule has 0 unspecified atom stereocenters. The second-order valence-corrected chi connectivity index (χ2v) is 3.66. The summed E-state index contributed by atoms with van der Waals surface area (Å²) in [6, 6.07) is 4.33. The lowest BCUT2D eigenvalue weighted by Gasteiger charge is -1.98. The molecule has 0 radical (unpaired) electrons. The molecule has 0 aliphatic carbocycles. The van der Waals surface area contributed by atoms with Crippen molar-refractivity contribution in [2.75, 3.05) is 0 Å². The van der Waals surface area contributed by atoms with Crippen molar-refractivity contribution in [3.05, 3.63) is 39.6 Å². The van der Waals surface area contributed by atoms with Crippen LogP contribution in [0.25, 0.3) is 6.08 Å². The number of halogens is 2. The van der Waals surface area contributed by atoms with Gasteiger partial charge in [-0.1, -0.05) is 6.07 Å². The number of rotatable bonds is 2. The van der Waals surface area contributed by atoms with Crippen molar-refractivity contribution in [1.29, 1.82) is 0 Å². The molecule has 0 amide bonds. The van der Waals surface area contributed by atoms with E-state index in [1.807, 2.05) is 0 Å². The van der Waals surface area contributed by atoms with Gasteiger partial charge in [-0.2, -0.15) is 0 Å². The third-order valence-corrected chi connectivity index (χ3v) is 2.27. The topological polar surface area (TPSA) is 37.3 Å². The van der Waals surface area contributed by atoms with Crippen LogP contribution in [0.2, 0.25) is 0 Å². The van der Waals surface area contributed by atoms with Crippen LogP contribution in [0, 0.1) is 5.82 Å². The molecule has 0 saturated heterocycles. The number of benzene rings is 1. The number of carbonyl (C=O) groups is 1. The van der Waals surface area contributed by atoms with E-state index in [-0.39, 0.29) is 11.4 Å². The van der Waals surface area contributed by atoms with Crippen LogP contribution in [0.5, 0.6) is 0 Å². The molecule has 0 aliphatic heterocycles. The van der Waals surface area contributed by atoms with Crippen LogP contribution in [-0.4, -0.2) is 11.1 Å². The lowest BCUT2D eigenvalue weighted by atomic mass is 10.1. The molecule has 0 saturated carbocycles. The van der Waals surface area contributed by atoms with E-state index in [0.29, 0.717) is 10.0 Å². The average molecular weight is 259 g/mol. The first kappa shape index (κ1) is 10.9. The fourth-order valence-corrected chi connectivity index (χ4v) is 1.31. The summed E-state index contributed by atoms with van der Waals surface area (Å²) in [4.78, 5) is 10.5. The maximum atomic E-state index is 12.8. The molecule has 0 heterocycles. The SMILES string of the molecule is C/C(=C\c1ccc(F)c(Br)c1)C(=O)O. The van der Waals surface area contributed by atoms with E-state index >= 15 is 0 Å². The highest BCUT2D eigenvalue weighted by atomic mass is 79.9. The van der Waals surface area contributed by atoms with Gasteiger partial charge in [0, 0.05) is 5.57 Å². The maximum absolute atomic E-state index is 12.8. The van der Waals surface area contributed by atoms with Gasteiger partial charge in [0.2, 0.25) is 0 Å². The molecule has 0 aliphatic rings. The first-order chi connectivity index (χ1) is 6.50. The van der Waals surface area contributed by atoms with Gasteiger partial charge >= 0.3 is 5.97 Å². The van der Waals surface area contributed by atoms with Crippen LogP contribution in [0.1, 0.15) is 12.5 Å². The molecule has 2 nitrogen and oxygen atoms in total. The molecule has 0 fully saturated rings. The molecule has 74 valence electrons. The zero-order valence-corrected chi connectivity index (χ0v) is 9.01.